The summed E-state index contributed by atoms with van der Waals surface area (Å²) in [5.74, 6) is -0.0300. The molecule has 20 nitrogen and oxygen atoms in total. The molecule has 3 saturated heterocycles. The quantitative estimate of drug-likeness (QED) is 0.0487. The summed E-state index contributed by atoms with van der Waals surface area (Å²) >= 11 is 0. The average Bonchev–Trinajstić information content (AvgIpc) is 3.03. The van der Waals surface area contributed by atoms with Gasteiger partial charge in [-0.3, -0.25) is 19.4 Å². The van der Waals surface area contributed by atoms with Crippen LogP contribution in [0.3, 0.4) is 0 Å². The van der Waals surface area contributed by atoms with E-state index in [1.807, 2.05) is 87.0 Å². The van der Waals surface area contributed by atoms with Gasteiger partial charge in [-0.05, 0) is 105 Å². The number of rotatable bonds is 20. The molecule has 7 heterocycles. The topological polar surface area (TPSA) is 236 Å². The largest absolute Gasteiger partial charge is 0.486 e. The summed E-state index contributed by atoms with van der Waals surface area (Å²) in [4.78, 5) is 43.0. The van der Waals surface area contributed by atoms with Crippen molar-refractivity contribution in [1.82, 2.24) is 60.5 Å². The first-order valence-corrected chi connectivity index (χ1v) is 29.1. The van der Waals surface area contributed by atoms with Crippen molar-refractivity contribution in [2.24, 2.45) is 5.92 Å². The van der Waals surface area contributed by atoms with E-state index in [1.54, 1.807) is 39.5 Å². The maximum Gasteiger partial charge on any atom is 0.319 e. The van der Waals surface area contributed by atoms with Crippen molar-refractivity contribution in [1.29, 1.82) is 0 Å². The summed E-state index contributed by atoms with van der Waals surface area (Å²) in [6.07, 6.45) is 7.16. The van der Waals surface area contributed by atoms with E-state index in [-0.39, 0.29) is 67.9 Å². The van der Waals surface area contributed by atoms with E-state index < -0.39 is 36.2 Å². The number of aromatic amines is 1. The van der Waals surface area contributed by atoms with E-state index in [1.165, 1.54) is 15.6 Å². The van der Waals surface area contributed by atoms with E-state index in [2.05, 4.69) is 47.2 Å². The minimum atomic E-state index is -0.998. The van der Waals surface area contributed by atoms with Crippen LogP contribution in [-0.2, 0) is 27.5 Å². The van der Waals surface area contributed by atoms with Gasteiger partial charge in [-0.25, -0.2) is 9.07 Å². The summed E-state index contributed by atoms with van der Waals surface area (Å²) in [5, 5.41) is 51.0. The third-order valence-electron chi connectivity index (χ3n) is 17.4. The van der Waals surface area contributed by atoms with Crippen LogP contribution in [0.1, 0.15) is 107 Å². The van der Waals surface area contributed by atoms with Gasteiger partial charge >= 0.3 is 6.01 Å². The smallest absolute Gasteiger partial charge is 0.319 e. The van der Waals surface area contributed by atoms with Crippen molar-refractivity contribution in [3.63, 3.8) is 0 Å². The molecule has 0 radical (unpaired) electrons. The van der Waals surface area contributed by atoms with Gasteiger partial charge in [0.25, 0.3) is 0 Å². The second-order valence-corrected chi connectivity index (χ2v) is 23.3. The Bertz CT molecular complexity index is 3670. The number of β-amino-alcohol motifs (C(OH)–C–C–N with tert-alkyl or cyclic N) is 1. The zero-order valence-corrected chi connectivity index (χ0v) is 47.9. The van der Waals surface area contributed by atoms with Crippen molar-refractivity contribution in [2.45, 2.75) is 141 Å². The molecule has 4 aromatic carbocycles. The molecule has 4 aliphatic rings. The average molecular weight is 1130 g/mol. The molecule has 3 aliphatic heterocycles. The second kappa shape index (κ2) is 23.1. The van der Waals surface area contributed by atoms with Crippen molar-refractivity contribution in [3.8, 4) is 45.4 Å². The Kier molecular flexibility index (Phi) is 15.5. The lowest BCUT2D eigenvalue weighted by atomic mass is 9.75. The molecule has 0 spiro atoms. The van der Waals surface area contributed by atoms with E-state index in [9.17, 15) is 19.8 Å². The van der Waals surface area contributed by atoms with Crippen LogP contribution in [0.4, 0.5) is 10.2 Å². The number of aromatic nitrogens is 9. The highest BCUT2D eigenvalue weighted by molar-refractivity contribution is 6.06. The molecule has 8 atom stereocenters. The molecule has 0 unspecified atom stereocenters. The number of H-pyrrole nitrogens is 1. The fourth-order valence-electron chi connectivity index (χ4n) is 12.6. The predicted molar refractivity (Wildman–Crippen MR) is 311 cm³/mol. The number of likely N-dealkylation sites (tertiary alicyclic amines) is 1. The number of carbonyl (C=O) groups is 2. The Morgan fingerprint density at radius 2 is 1.72 bits per heavy atom. The molecule has 434 valence electrons. The Labute approximate surface area is 480 Å². The zero-order chi connectivity index (χ0) is 57.8. The number of hydrogen-bond acceptors (Lipinski definition) is 15. The SMILES string of the molecule is CCn1nccc1-c1ccc([C@@H](NC(=O)[C@@H]2C[C@@H](O)CN2C(=O)[C@H](C(C)C)n2cc(-c3ccc(COc4c(-c5c(C)c(F)cc6[nH]ncc56)c(C5CCC5)cc5c(N6C[C@@H]7C[C@H]6CN7)nc(OC[C@H](C)OC)nc45)cc3)nn2)[C@H](C)O)cc1. The number of piperazine rings is 1. The number of aryl methyl sites for hydroxylation is 1. The van der Waals surface area contributed by atoms with Crippen LogP contribution >= 0.6 is 0 Å². The lowest BCUT2D eigenvalue weighted by molar-refractivity contribution is -0.143. The Morgan fingerprint density at radius 1 is 0.940 bits per heavy atom. The number of nitrogens with one attached hydrogen (secondary N) is 3. The van der Waals surface area contributed by atoms with Gasteiger partial charge < -0.3 is 44.9 Å². The minimum Gasteiger partial charge on any atom is -0.486 e. The van der Waals surface area contributed by atoms with Crippen molar-refractivity contribution in [2.75, 3.05) is 38.3 Å². The van der Waals surface area contributed by atoms with Crippen molar-refractivity contribution in [3.05, 3.63) is 113 Å². The maximum atomic E-state index is 16.2. The molecule has 12 rings (SSSR count). The number of benzene rings is 4. The van der Waals surface area contributed by atoms with Gasteiger partial charge in [-0.1, -0.05) is 74.0 Å². The molecule has 4 fully saturated rings. The highest BCUT2D eigenvalue weighted by Crippen LogP contribution is 2.52. The van der Waals surface area contributed by atoms with E-state index >= 15 is 4.39 Å². The second-order valence-electron chi connectivity index (χ2n) is 23.3. The van der Waals surface area contributed by atoms with Gasteiger partial charge in [-0.2, -0.15) is 20.2 Å². The number of aliphatic hydroxyl groups excluding tert-OH is 2. The highest BCUT2D eigenvalue weighted by Gasteiger charge is 2.44. The lowest BCUT2D eigenvalue weighted by Gasteiger charge is -2.33. The molecule has 1 saturated carbocycles. The van der Waals surface area contributed by atoms with Gasteiger partial charge in [0.05, 0.1) is 48.0 Å². The molecule has 2 bridgehead atoms. The molecule has 4 aromatic heterocycles. The first-order chi connectivity index (χ1) is 40.2. The maximum absolute atomic E-state index is 16.2. The van der Waals surface area contributed by atoms with Crippen LogP contribution in [0.5, 0.6) is 11.8 Å². The Morgan fingerprint density at radius 3 is 2.41 bits per heavy atom. The number of nitrogens with zero attached hydrogens (tertiary/aromatic N) is 10. The van der Waals surface area contributed by atoms with Crippen LogP contribution < -0.4 is 25.0 Å². The standard InChI is InChI=1S/C62H72FN13O7/c1-8-75-51(20-21-66-75)40-16-18-41(19-17-40)55(36(6)77)67-60(79)52-23-44(78)29-74(52)61(80)57(33(2)3)76-30-50(71-72-76)39-14-12-37(13-15-39)32-82-58-54(53-35(5)48(63)25-49-47(53)27-65-70-49)45(38-10-9-11-38)24-46-56(58)68-62(83-31-34(4)81-7)69-59(46)73-28-42-22-43(73)26-64-42/h12-21,24-25,27,30,33-34,36,38,42-44,52,55,57,64,77-78H,8-11,22-23,26,28-29,31-32H2,1-7H3,(H,65,70)(H,67,79)/t34-,36-,42-,43-,44+,52-,55-,57-/m0/s1. The third-order valence-corrected chi connectivity index (χ3v) is 17.4. The van der Waals surface area contributed by atoms with E-state index in [0.717, 1.165) is 88.9 Å². The zero-order valence-electron chi connectivity index (χ0n) is 47.9. The number of halogens is 1. The number of methoxy groups -OCH3 is 1. The summed E-state index contributed by atoms with van der Waals surface area (Å²) in [6.45, 7) is 13.8. The van der Waals surface area contributed by atoms with Crippen LogP contribution in [0.25, 0.3) is 55.4 Å². The summed E-state index contributed by atoms with van der Waals surface area (Å²) in [7, 11) is 1.64. The molecule has 2 amide bonds. The fourth-order valence-corrected chi connectivity index (χ4v) is 12.6. The van der Waals surface area contributed by atoms with Gasteiger partial charge in [0.15, 0.2) is 5.75 Å². The minimum absolute atomic E-state index is 0.0332. The van der Waals surface area contributed by atoms with Crippen molar-refractivity contribution >= 4 is 39.4 Å². The van der Waals surface area contributed by atoms with E-state index in [0.29, 0.717) is 51.8 Å². The molecular weight excluding hydrogens is 1060 g/mol. The van der Waals surface area contributed by atoms with Crippen LogP contribution in [0.15, 0.2) is 85.3 Å². The van der Waals surface area contributed by atoms with Crippen LogP contribution in [0.2, 0.25) is 0 Å². The van der Waals surface area contributed by atoms with Crippen LogP contribution in [-0.4, -0.2) is 142 Å². The number of fused-ring (bicyclic) bond motifs is 4. The Hall–Kier alpha value is -7.85. The lowest BCUT2D eigenvalue weighted by Crippen LogP contribution is -2.50. The van der Waals surface area contributed by atoms with Crippen LogP contribution in [0, 0.1) is 18.7 Å². The Balaban J connectivity index is 0.827. The number of ether oxygens (including phenoxy) is 3. The van der Waals surface area contributed by atoms with Gasteiger partial charge in [-0.15, -0.1) is 5.10 Å². The molecule has 1 aliphatic carbocycles. The summed E-state index contributed by atoms with van der Waals surface area (Å²) in [6, 6.07) is 19.2. The normalized spacial score (nSPS) is 20.3. The third kappa shape index (κ3) is 10.7. The van der Waals surface area contributed by atoms with Gasteiger partial charge in [0.1, 0.15) is 48.1 Å². The number of aliphatic hydroxyl groups is 2. The van der Waals surface area contributed by atoms with Gasteiger partial charge in [0.2, 0.25) is 11.8 Å². The highest BCUT2D eigenvalue weighted by atomic mass is 19.1. The monoisotopic (exact) mass is 1130 g/mol. The number of hydrogen-bond donors (Lipinski definition) is 5. The number of amides is 2. The molecule has 8 aromatic rings. The van der Waals surface area contributed by atoms with Crippen molar-refractivity contribution < 1.29 is 38.4 Å². The molecular formula is C62H72FN13O7. The van der Waals surface area contributed by atoms with Gasteiger partial charge in [0, 0.05) is 85.5 Å². The molecule has 5 N–H and O–H groups in total. The summed E-state index contributed by atoms with van der Waals surface area (Å²) < 4.78 is 38.7. The van der Waals surface area contributed by atoms with E-state index in [4.69, 9.17) is 24.2 Å². The molecule has 21 heteroatoms. The predicted octanol–water partition coefficient (Wildman–Crippen LogP) is 7.97. The first-order valence-electron chi connectivity index (χ1n) is 29.1. The summed E-state index contributed by atoms with van der Waals surface area (Å²) in [5.41, 5.74) is 8.83. The number of anilines is 1. The number of carbonyl (C=O) groups excluding carboxylic acids is 2. The molecule has 83 heavy (non-hydrogen) atoms. The first kappa shape index (κ1) is 55.7. The fraction of sp³-hybridized carbons (Fsp3) is 0.452.